The predicted molar refractivity (Wildman–Crippen MR) is 70.5 cm³/mol. The van der Waals surface area contributed by atoms with Crippen LogP contribution in [0.3, 0.4) is 0 Å². The molecule has 1 N–H and O–H groups in total. The van der Waals surface area contributed by atoms with Crippen molar-refractivity contribution in [3.63, 3.8) is 0 Å². The summed E-state index contributed by atoms with van der Waals surface area (Å²) in [5.41, 5.74) is 1.37. The van der Waals surface area contributed by atoms with E-state index in [0.29, 0.717) is 11.4 Å². The zero-order valence-electron chi connectivity index (χ0n) is 10.5. The average Bonchev–Trinajstić information content (AvgIpc) is 2.38. The number of pyridine rings is 1. The fourth-order valence-electron chi connectivity index (χ4n) is 1.84. The molecule has 0 radical (unpaired) electrons. The Bertz CT molecular complexity index is 589. The fourth-order valence-corrected chi connectivity index (χ4v) is 1.84. The summed E-state index contributed by atoms with van der Waals surface area (Å²) in [6.45, 7) is 2.69. The number of aromatic nitrogens is 1. The molecular formula is C14H15N3O. The Morgan fingerprint density at radius 1 is 1.44 bits per heavy atom. The highest BCUT2D eigenvalue weighted by atomic mass is 16.5. The van der Waals surface area contributed by atoms with Crippen LogP contribution in [0, 0.1) is 11.3 Å². The molecule has 2 rings (SSSR count). The van der Waals surface area contributed by atoms with E-state index in [1.54, 1.807) is 6.07 Å². The normalized spacial score (nSPS) is 12.1. The van der Waals surface area contributed by atoms with E-state index in [9.17, 15) is 0 Å². The molecule has 4 nitrogen and oxygen atoms in total. The van der Waals surface area contributed by atoms with E-state index in [1.807, 2.05) is 38.2 Å². The van der Waals surface area contributed by atoms with Crippen LogP contribution >= 0.6 is 0 Å². The molecule has 0 bridgehead atoms. The zero-order valence-corrected chi connectivity index (χ0v) is 10.5. The molecule has 0 spiro atoms. The first kappa shape index (κ1) is 12.3. The van der Waals surface area contributed by atoms with Gasteiger partial charge in [0.2, 0.25) is 5.88 Å². The minimum atomic E-state index is 0.00945. The molecular weight excluding hydrogens is 226 g/mol. The van der Waals surface area contributed by atoms with Gasteiger partial charge in [-0.2, -0.15) is 5.26 Å². The number of nitrogens with zero attached hydrogens (tertiary/aromatic N) is 2. The third-order valence-electron chi connectivity index (χ3n) is 2.63. The molecule has 1 aromatic carbocycles. The van der Waals surface area contributed by atoms with Gasteiger partial charge in [-0.15, -0.1) is 0 Å². The molecule has 1 heterocycles. The van der Waals surface area contributed by atoms with E-state index in [2.05, 4.69) is 16.4 Å². The number of hydrogen-bond donors (Lipinski definition) is 1. The smallest absolute Gasteiger partial charge is 0.215 e. The van der Waals surface area contributed by atoms with Crippen molar-refractivity contribution in [2.24, 2.45) is 0 Å². The van der Waals surface area contributed by atoms with Gasteiger partial charge in [0, 0.05) is 18.0 Å². The SMILES string of the molecule is CNCC(C)Oc1cc(C#N)c2ccccc2n1. The highest BCUT2D eigenvalue weighted by Gasteiger charge is 2.08. The molecule has 0 amide bonds. The maximum Gasteiger partial charge on any atom is 0.215 e. The monoisotopic (exact) mass is 241 g/mol. The third kappa shape index (κ3) is 2.58. The molecule has 0 aliphatic heterocycles. The number of hydrogen-bond acceptors (Lipinski definition) is 4. The van der Waals surface area contributed by atoms with Gasteiger partial charge in [-0.25, -0.2) is 4.98 Å². The van der Waals surface area contributed by atoms with Crippen molar-refractivity contribution in [3.8, 4) is 11.9 Å². The number of nitrogens with one attached hydrogen (secondary N) is 1. The van der Waals surface area contributed by atoms with Gasteiger partial charge in [0.05, 0.1) is 11.1 Å². The van der Waals surface area contributed by atoms with Gasteiger partial charge in [-0.1, -0.05) is 18.2 Å². The zero-order chi connectivity index (χ0) is 13.0. The van der Waals surface area contributed by atoms with Gasteiger partial charge < -0.3 is 10.1 Å². The van der Waals surface area contributed by atoms with Crippen molar-refractivity contribution in [1.82, 2.24) is 10.3 Å². The van der Waals surface area contributed by atoms with E-state index < -0.39 is 0 Å². The standard InChI is InChI=1S/C14H15N3O/c1-10(9-16-2)18-14-7-11(8-15)12-5-3-4-6-13(12)17-14/h3-7,10,16H,9H2,1-2H3. The number of benzene rings is 1. The molecule has 18 heavy (non-hydrogen) atoms. The fraction of sp³-hybridized carbons (Fsp3) is 0.286. The molecule has 1 unspecified atom stereocenters. The molecule has 0 aliphatic rings. The molecule has 92 valence electrons. The Labute approximate surface area is 106 Å². The van der Waals surface area contributed by atoms with Crippen LogP contribution < -0.4 is 10.1 Å². The average molecular weight is 241 g/mol. The second-order valence-electron chi connectivity index (χ2n) is 4.12. The molecule has 1 aromatic heterocycles. The Balaban J connectivity index is 2.38. The Kier molecular flexibility index (Phi) is 3.75. The van der Waals surface area contributed by atoms with Crippen LogP contribution in [0.1, 0.15) is 12.5 Å². The van der Waals surface area contributed by atoms with E-state index in [4.69, 9.17) is 10.00 Å². The molecule has 1 atom stereocenters. The number of likely N-dealkylation sites (N-methyl/N-ethyl adjacent to an activating group) is 1. The molecule has 0 saturated carbocycles. The lowest BCUT2D eigenvalue weighted by Crippen LogP contribution is -2.26. The second kappa shape index (κ2) is 5.48. The largest absolute Gasteiger partial charge is 0.473 e. The number of rotatable bonds is 4. The maximum atomic E-state index is 9.15. The first-order valence-corrected chi connectivity index (χ1v) is 5.85. The van der Waals surface area contributed by atoms with Gasteiger partial charge in [0.25, 0.3) is 0 Å². The van der Waals surface area contributed by atoms with Crippen LogP contribution in [-0.2, 0) is 0 Å². The maximum absolute atomic E-state index is 9.15. The highest BCUT2D eigenvalue weighted by Crippen LogP contribution is 2.21. The number of ether oxygens (including phenoxy) is 1. The highest BCUT2D eigenvalue weighted by molar-refractivity contribution is 5.85. The van der Waals surface area contributed by atoms with Crippen molar-refractivity contribution in [3.05, 3.63) is 35.9 Å². The van der Waals surface area contributed by atoms with Crippen LogP contribution in [0.25, 0.3) is 10.9 Å². The number of para-hydroxylation sites is 1. The van der Waals surface area contributed by atoms with E-state index in [-0.39, 0.29) is 6.10 Å². The molecule has 0 fully saturated rings. The van der Waals surface area contributed by atoms with Crippen molar-refractivity contribution < 1.29 is 4.74 Å². The van der Waals surface area contributed by atoms with Crippen molar-refractivity contribution in [2.75, 3.05) is 13.6 Å². The van der Waals surface area contributed by atoms with Gasteiger partial charge >= 0.3 is 0 Å². The lowest BCUT2D eigenvalue weighted by molar-refractivity contribution is 0.212. The summed E-state index contributed by atoms with van der Waals surface area (Å²) in [6, 6.07) is 11.4. The van der Waals surface area contributed by atoms with Crippen LogP contribution in [0.2, 0.25) is 0 Å². The summed E-state index contributed by atoms with van der Waals surface area (Å²) in [5.74, 6) is 0.494. The van der Waals surface area contributed by atoms with Crippen LogP contribution in [0.15, 0.2) is 30.3 Å². The first-order chi connectivity index (χ1) is 8.74. The Hall–Kier alpha value is -2.12. The van der Waals surface area contributed by atoms with Crippen LogP contribution in [0.5, 0.6) is 5.88 Å². The van der Waals surface area contributed by atoms with Crippen LogP contribution in [0.4, 0.5) is 0 Å². The summed E-state index contributed by atoms with van der Waals surface area (Å²) < 4.78 is 5.68. The van der Waals surface area contributed by atoms with E-state index in [1.165, 1.54) is 0 Å². The number of fused-ring (bicyclic) bond motifs is 1. The van der Waals surface area contributed by atoms with Gasteiger partial charge in [-0.3, -0.25) is 0 Å². The Morgan fingerprint density at radius 2 is 2.22 bits per heavy atom. The molecule has 4 heteroatoms. The summed E-state index contributed by atoms with van der Waals surface area (Å²) in [7, 11) is 1.87. The lowest BCUT2D eigenvalue weighted by atomic mass is 10.1. The van der Waals surface area contributed by atoms with Crippen LogP contribution in [-0.4, -0.2) is 24.7 Å². The van der Waals surface area contributed by atoms with Crippen molar-refractivity contribution in [1.29, 1.82) is 5.26 Å². The summed E-state index contributed by atoms with van der Waals surface area (Å²) in [4.78, 5) is 4.40. The minimum absolute atomic E-state index is 0.00945. The third-order valence-corrected chi connectivity index (χ3v) is 2.63. The molecule has 0 saturated heterocycles. The molecule has 0 aliphatic carbocycles. The summed E-state index contributed by atoms with van der Waals surface area (Å²) in [6.07, 6.45) is 0.00945. The van der Waals surface area contributed by atoms with Crippen molar-refractivity contribution in [2.45, 2.75) is 13.0 Å². The van der Waals surface area contributed by atoms with Gasteiger partial charge in [0.15, 0.2) is 0 Å². The quantitative estimate of drug-likeness (QED) is 0.890. The van der Waals surface area contributed by atoms with E-state index >= 15 is 0 Å². The topological polar surface area (TPSA) is 57.9 Å². The lowest BCUT2D eigenvalue weighted by Gasteiger charge is -2.14. The number of nitriles is 1. The summed E-state index contributed by atoms with van der Waals surface area (Å²) >= 11 is 0. The first-order valence-electron chi connectivity index (χ1n) is 5.85. The Morgan fingerprint density at radius 3 is 2.94 bits per heavy atom. The summed E-state index contributed by atoms with van der Waals surface area (Å²) in [5, 5.41) is 13.0. The van der Waals surface area contributed by atoms with Gasteiger partial charge in [0.1, 0.15) is 12.2 Å². The molecule has 2 aromatic rings. The second-order valence-corrected chi connectivity index (χ2v) is 4.12. The van der Waals surface area contributed by atoms with Crippen molar-refractivity contribution >= 4 is 10.9 Å². The minimum Gasteiger partial charge on any atom is -0.473 e. The van der Waals surface area contributed by atoms with E-state index in [0.717, 1.165) is 17.4 Å². The predicted octanol–water partition coefficient (Wildman–Crippen LogP) is 2.09. The van der Waals surface area contributed by atoms with Gasteiger partial charge in [-0.05, 0) is 20.0 Å².